The van der Waals surface area contributed by atoms with Crippen LogP contribution in [0.5, 0.6) is 0 Å². The Morgan fingerprint density at radius 3 is 2.49 bits per heavy atom. The molecule has 0 saturated carbocycles. The van der Waals surface area contributed by atoms with Gasteiger partial charge < -0.3 is 15.1 Å². The van der Waals surface area contributed by atoms with E-state index in [1.54, 1.807) is 0 Å². The Bertz CT molecular complexity index is 1090. The van der Waals surface area contributed by atoms with E-state index >= 15 is 0 Å². The van der Waals surface area contributed by atoms with Crippen molar-refractivity contribution in [3.05, 3.63) is 41.5 Å². The number of Topliss-reactive ketones (excluding diaryl/α,β-unsaturated/α-hetero) is 1. The zero-order chi connectivity index (χ0) is 24.8. The number of hydrogen-bond acceptors (Lipinski definition) is 9. The second-order valence-corrected chi connectivity index (χ2v) is 10.5. The molecular formula is C26H35N7OS. The Kier molecular flexibility index (Phi) is 8.51. The van der Waals surface area contributed by atoms with Crippen LogP contribution in [0, 0.1) is 5.92 Å². The number of aromatic nitrogens is 3. The van der Waals surface area contributed by atoms with Crippen molar-refractivity contribution in [2.45, 2.75) is 50.1 Å². The van der Waals surface area contributed by atoms with Gasteiger partial charge in [-0.3, -0.25) is 9.79 Å². The Hall–Kier alpha value is -2.78. The van der Waals surface area contributed by atoms with Gasteiger partial charge in [0.2, 0.25) is 11.9 Å². The molecule has 1 fully saturated rings. The monoisotopic (exact) mass is 493 g/mol. The maximum absolute atomic E-state index is 12.0. The van der Waals surface area contributed by atoms with Crippen molar-refractivity contribution in [1.82, 2.24) is 19.9 Å². The van der Waals surface area contributed by atoms with Crippen LogP contribution in [-0.4, -0.2) is 71.2 Å². The lowest BCUT2D eigenvalue weighted by Crippen LogP contribution is -2.45. The molecule has 2 aromatic rings. The van der Waals surface area contributed by atoms with Crippen molar-refractivity contribution < 1.29 is 4.79 Å². The van der Waals surface area contributed by atoms with E-state index in [0.717, 1.165) is 48.9 Å². The van der Waals surface area contributed by atoms with E-state index in [4.69, 9.17) is 15.0 Å². The molecule has 1 aromatic heterocycles. The average Bonchev–Trinajstić information content (AvgIpc) is 3.30. The lowest BCUT2D eigenvalue weighted by molar-refractivity contribution is -0.118. The summed E-state index contributed by atoms with van der Waals surface area (Å²) >= 11 is 1.50. The Balaban J connectivity index is 1.53. The van der Waals surface area contributed by atoms with E-state index in [0.29, 0.717) is 42.4 Å². The van der Waals surface area contributed by atoms with Gasteiger partial charge >= 0.3 is 0 Å². The number of piperazine rings is 1. The highest BCUT2D eigenvalue weighted by Gasteiger charge is 2.20. The van der Waals surface area contributed by atoms with Crippen molar-refractivity contribution in [1.29, 1.82) is 0 Å². The zero-order valence-electron chi connectivity index (χ0n) is 21.1. The molecule has 0 spiro atoms. The third-order valence-corrected chi connectivity index (χ3v) is 7.06. The number of carbonyl (C=O) groups is 1. The normalized spacial score (nSPS) is 16.4. The van der Waals surface area contributed by atoms with Crippen molar-refractivity contribution in [2.75, 3.05) is 50.0 Å². The smallest absolute Gasteiger partial charge is 0.234 e. The minimum atomic E-state index is 0.280. The summed E-state index contributed by atoms with van der Waals surface area (Å²) < 4.78 is 0. The fourth-order valence-electron chi connectivity index (χ4n) is 3.95. The van der Waals surface area contributed by atoms with E-state index in [1.807, 2.05) is 31.2 Å². The number of aliphatic imine (C=N–C) groups is 1. The molecule has 0 atom stereocenters. The predicted molar refractivity (Wildman–Crippen MR) is 143 cm³/mol. The minimum absolute atomic E-state index is 0.280. The summed E-state index contributed by atoms with van der Waals surface area (Å²) in [4.78, 5) is 36.3. The first-order valence-electron chi connectivity index (χ1n) is 12.4. The van der Waals surface area contributed by atoms with Crippen LogP contribution < -0.4 is 10.2 Å². The molecule has 2 aliphatic heterocycles. The lowest BCUT2D eigenvalue weighted by Gasteiger charge is -2.32. The topological polar surface area (TPSA) is 86.6 Å². The summed E-state index contributed by atoms with van der Waals surface area (Å²) in [5.41, 5.74) is 2.34. The van der Waals surface area contributed by atoms with Gasteiger partial charge in [0.05, 0.1) is 6.54 Å². The summed E-state index contributed by atoms with van der Waals surface area (Å²) in [6.07, 6.45) is 4.10. The van der Waals surface area contributed by atoms with Crippen molar-refractivity contribution in [3.8, 4) is 0 Å². The highest BCUT2D eigenvalue weighted by molar-refractivity contribution is 7.99. The van der Waals surface area contributed by atoms with Gasteiger partial charge in [-0.2, -0.15) is 15.0 Å². The number of likely N-dealkylation sites (N-methyl/N-ethyl adjacent to an activating group) is 1. The summed E-state index contributed by atoms with van der Waals surface area (Å²) in [6, 6.07) is 8.10. The van der Waals surface area contributed by atoms with E-state index in [2.05, 4.69) is 47.1 Å². The fourth-order valence-corrected chi connectivity index (χ4v) is 4.70. The Morgan fingerprint density at radius 2 is 1.83 bits per heavy atom. The maximum atomic E-state index is 12.0. The quantitative estimate of drug-likeness (QED) is 0.559. The molecule has 1 aromatic carbocycles. The van der Waals surface area contributed by atoms with Crippen LogP contribution in [0.25, 0.3) is 0 Å². The first kappa shape index (κ1) is 25.3. The van der Waals surface area contributed by atoms with Crippen LogP contribution in [0.2, 0.25) is 0 Å². The van der Waals surface area contributed by atoms with Crippen LogP contribution in [0.4, 0.5) is 11.9 Å². The second kappa shape index (κ2) is 11.8. The van der Waals surface area contributed by atoms with Gasteiger partial charge in [-0.15, -0.1) is 0 Å². The van der Waals surface area contributed by atoms with E-state index in [9.17, 15) is 4.79 Å². The fraction of sp³-hybridized carbons (Fsp3) is 0.500. The summed E-state index contributed by atoms with van der Waals surface area (Å²) in [7, 11) is 2.13. The van der Waals surface area contributed by atoms with Crippen LogP contribution in [-0.2, 0) is 11.2 Å². The number of carbonyl (C=O) groups excluding carboxylic acids is 1. The largest absolute Gasteiger partial charge is 0.338 e. The SMILES string of the molecule is CCCC(=O)Cc1ccc(Sc2nc(NC3=NCC(C(C)C)=C3)nc(N3CCN(C)CC3)n2)cc1. The molecule has 0 amide bonds. The van der Waals surface area contributed by atoms with Gasteiger partial charge in [0.1, 0.15) is 11.6 Å². The van der Waals surface area contributed by atoms with Gasteiger partial charge in [0.15, 0.2) is 5.16 Å². The van der Waals surface area contributed by atoms with Gasteiger partial charge in [-0.05, 0) is 60.5 Å². The van der Waals surface area contributed by atoms with Gasteiger partial charge in [-0.1, -0.05) is 32.9 Å². The first-order chi connectivity index (χ1) is 16.9. The predicted octanol–water partition coefficient (Wildman–Crippen LogP) is 4.09. The maximum Gasteiger partial charge on any atom is 0.234 e. The summed E-state index contributed by atoms with van der Waals surface area (Å²) in [6.45, 7) is 10.8. The molecule has 0 unspecified atom stereocenters. The number of nitrogens with zero attached hydrogens (tertiary/aromatic N) is 6. The van der Waals surface area contributed by atoms with Gasteiger partial charge in [-0.25, -0.2) is 0 Å². The van der Waals surface area contributed by atoms with Gasteiger partial charge in [0.25, 0.3) is 0 Å². The highest BCUT2D eigenvalue weighted by Crippen LogP contribution is 2.28. The Labute approximate surface area is 212 Å². The first-order valence-corrected chi connectivity index (χ1v) is 13.2. The number of nitrogens with one attached hydrogen (secondary N) is 1. The number of hydrogen-bond donors (Lipinski definition) is 1. The van der Waals surface area contributed by atoms with Crippen LogP contribution >= 0.6 is 11.8 Å². The molecule has 2 aliphatic rings. The molecule has 1 N–H and O–H groups in total. The number of ketones is 1. The third-order valence-electron chi connectivity index (χ3n) is 6.19. The molecule has 186 valence electrons. The molecule has 4 rings (SSSR count). The zero-order valence-corrected chi connectivity index (χ0v) is 21.9. The van der Waals surface area contributed by atoms with Crippen LogP contribution in [0.1, 0.15) is 39.2 Å². The van der Waals surface area contributed by atoms with E-state index in [1.165, 1.54) is 17.3 Å². The molecule has 0 bridgehead atoms. The standard InChI is InChI=1S/C26H35N7OS/c1-5-6-21(34)15-19-7-9-22(10-8-19)35-26-30-24(28-23-16-20(17-27-23)18(2)3)29-25(31-26)33-13-11-32(4)12-14-33/h7-10,16,18H,5-6,11-15,17H2,1-4H3,(H,27,28,29,30,31). The molecule has 1 saturated heterocycles. The number of rotatable bonds is 9. The minimum Gasteiger partial charge on any atom is -0.338 e. The molecule has 0 aliphatic carbocycles. The molecule has 8 nitrogen and oxygen atoms in total. The van der Waals surface area contributed by atoms with Gasteiger partial charge in [0, 0.05) is 43.9 Å². The number of amidine groups is 1. The van der Waals surface area contributed by atoms with Crippen molar-refractivity contribution >= 4 is 35.3 Å². The van der Waals surface area contributed by atoms with E-state index < -0.39 is 0 Å². The summed E-state index contributed by atoms with van der Waals surface area (Å²) in [5.74, 6) is 2.73. The summed E-state index contributed by atoms with van der Waals surface area (Å²) in [5, 5.41) is 3.94. The number of anilines is 2. The van der Waals surface area contributed by atoms with E-state index in [-0.39, 0.29) is 5.78 Å². The molecule has 35 heavy (non-hydrogen) atoms. The Morgan fingerprint density at radius 1 is 1.09 bits per heavy atom. The molecule has 9 heteroatoms. The van der Waals surface area contributed by atoms with Crippen molar-refractivity contribution in [2.24, 2.45) is 10.9 Å². The number of benzene rings is 1. The second-order valence-electron chi connectivity index (χ2n) is 9.44. The molecule has 3 heterocycles. The van der Waals surface area contributed by atoms with Crippen LogP contribution in [0.15, 0.2) is 51.0 Å². The molecule has 0 radical (unpaired) electrons. The average molecular weight is 494 g/mol. The lowest BCUT2D eigenvalue weighted by atomic mass is 10.0. The van der Waals surface area contributed by atoms with Crippen LogP contribution in [0.3, 0.4) is 0 Å². The van der Waals surface area contributed by atoms with Crippen molar-refractivity contribution in [3.63, 3.8) is 0 Å². The molecular weight excluding hydrogens is 458 g/mol. The highest BCUT2D eigenvalue weighted by atomic mass is 32.2. The third kappa shape index (κ3) is 7.11.